The van der Waals surface area contributed by atoms with Crippen molar-refractivity contribution in [3.05, 3.63) is 24.0 Å². The molecule has 0 spiro atoms. The number of nitrogens with zero attached hydrogens (tertiary/aromatic N) is 2. The fourth-order valence-corrected chi connectivity index (χ4v) is 2.69. The van der Waals surface area contributed by atoms with E-state index in [0.29, 0.717) is 23.2 Å². The van der Waals surface area contributed by atoms with Gasteiger partial charge in [0.1, 0.15) is 0 Å². The molecule has 98 valence electrons. The highest BCUT2D eigenvalue weighted by Gasteiger charge is 2.26. The molecule has 2 N–H and O–H groups in total. The summed E-state index contributed by atoms with van der Waals surface area (Å²) in [5.74, 6) is 0.685. The first-order valence-electron chi connectivity index (χ1n) is 6.56. The number of nitrogens with two attached hydrogens (primary N) is 1. The van der Waals surface area contributed by atoms with Crippen molar-refractivity contribution in [1.82, 2.24) is 9.88 Å². The largest absolute Gasteiger partial charge is 0.398 e. The van der Waals surface area contributed by atoms with Gasteiger partial charge in [0.25, 0.3) is 5.91 Å². The number of aromatic nitrogens is 1. The van der Waals surface area contributed by atoms with E-state index in [2.05, 4.69) is 11.9 Å². The number of rotatable bonds is 2. The Bertz CT molecular complexity index is 433. The van der Waals surface area contributed by atoms with Gasteiger partial charge in [0, 0.05) is 31.2 Å². The summed E-state index contributed by atoms with van der Waals surface area (Å²) in [4.78, 5) is 18.2. The standard InChI is InChI=1S/C14H21N3O/c1-10-4-3-5-11(8-10)17(2)14(18)12-9-16-7-6-13(12)15/h6-7,9-11H,3-5,8H2,1-2H3,(H2,15,16). The lowest BCUT2D eigenvalue weighted by molar-refractivity contribution is 0.0673. The Labute approximate surface area is 108 Å². The van der Waals surface area contributed by atoms with E-state index in [1.165, 1.54) is 12.8 Å². The second-order valence-electron chi connectivity index (χ2n) is 5.30. The zero-order valence-electron chi connectivity index (χ0n) is 11.1. The van der Waals surface area contributed by atoms with Crippen molar-refractivity contribution in [2.75, 3.05) is 12.8 Å². The van der Waals surface area contributed by atoms with E-state index in [4.69, 9.17) is 5.73 Å². The van der Waals surface area contributed by atoms with E-state index < -0.39 is 0 Å². The van der Waals surface area contributed by atoms with Gasteiger partial charge in [-0.1, -0.05) is 19.8 Å². The monoisotopic (exact) mass is 247 g/mol. The predicted octanol–water partition coefficient (Wildman–Crippen LogP) is 2.31. The van der Waals surface area contributed by atoms with Gasteiger partial charge in [-0.25, -0.2) is 0 Å². The van der Waals surface area contributed by atoms with Gasteiger partial charge in [-0.3, -0.25) is 9.78 Å². The Hall–Kier alpha value is -1.58. The molecular weight excluding hydrogens is 226 g/mol. The Morgan fingerprint density at radius 3 is 2.94 bits per heavy atom. The second kappa shape index (κ2) is 5.38. The minimum atomic E-state index is -0.0142. The van der Waals surface area contributed by atoms with Crippen LogP contribution in [-0.2, 0) is 0 Å². The summed E-state index contributed by atoms with van der Waals surface area (Å²) in [6.45, 7) is 2.25. The highest BCUT2D eigenvalue weighted by molar-refractivity contribution is 5.98. The van der Waals surface area contributed by atoms with Crippen LogP contribution in [0.25, 0.3) is 0 Å². The molecule has 0 bridgehead atoms. The molecular formula is C14H21N3O. The summed E-state index contributed by atoms with van der Waals surface area (Å²) in [5.41, 5.74) is 6.85. The molecule has 2 atom stereocenters. The molecule has 2 unspecified atom stereocenters. The zero-order chi connectivity index (χ0) is 13.1. The van der Waals surface area contributed by atoms with Crippen LogP contribution in [-0.4, -0.2) is 28.9 Å². The normalized spacial score (nSPS) is 23.7. The fourth-order valence-electron chi connectivity index (χ4n) is 2.69. The number of hydrogen-bond donors (Lipinski definition) is 1. The molecule has 18 heavy (non-hydrogen) atoms. The maximum atomic E-state index is 12.4. The van der Waals surface area contributed by atoms with Crippen LogP contribution in [0, 0.1) is 5.92 Å². The molecule has 1 aromatic heterocycles. The third-order valence-electron chi connectivity index (χ3n) is 3.86. The first kappa shape index (κ1) is 12.9. The van der Waals surface area contributed by atoms with E-state index >= 15 is 0 Å². The fraction of sp³-hybridized carbons (Fsp3) is 0.571. The number of amides is 1. The van der Waals surface area contributed by atoms with Crippen LogP contribution in [0.4, 0.5) is 5.69 Å². The van der Waals surface area contributed by atoms with Crippen LogP contribution in [0.5, 0.6) is 0 Å². The summed E-state index contributed by atoms with van der Waals surface area (Å²) < 4.78 is 0. The number of carbonyl (C=O) groups excluding carboxylic acids is 1. The topological polar surface area (TPSA) is 59.2 Å². The number of nitrogen functional groups attached to an aromatic ring is 1. The molecule has 4 heteroatoms. The van der Waals surface area contributed by atoms with Gasteiger partial charge < -0.3 is 10.6 Å². The van der Waals surface area contributed by atoms with Crippen LogP contribution in [0.15, 0.2) is 18.5 Å². The molecule has 1 aliphatic rings. The Morgan fingerprint density at radius 2 is 2.28 bits per heavy atom. The van der Waals surface area contributed by atoms with E-state index in [0.717, 1.165) is 12.8 Å². The van der Waals surface area contributed by atoms with Crippen molar-refractivity contribution in [3.63, 3.8) is 0 Å². The van der Waals surface area contributed by atoms with Gasteiger partial charge in [0.15, 0.2) is 0 Å². The van der Waals surface area contributed by atoms with E-state index in [-0.39, 0.29) is 5.91 Å². The highest BCUT2D eigenvalue weighted by Crippen LogP contribution is 2.27. The first-order chi connectivity index (χ1) is 8.59. The highest BCUT2D eigenvalue weighted by atomic mass is 16.2. The minimum Gasteiger partial charge on any atom is -0.398 e. The average molecular weight is 247 g/mol. The molecule has 4 nitrogen and oxygen atoms in total. The lowest BCUT2D eigenvalue weighted by Crippen LogP contribution is -2.40. The van der Waals surface area contributed by atoms with Crippen LogP contribution in [0.2, 0.25) is 0 Å². The third-order valence-corrected chi connectivity index (χ3v) is 3.86. The second-order valence-corrected chi connectivity index (χ2v) is 5.30. The van der Waals surface area contributed by atoms with Crippen LogP contribution in [0.3, 0.4) is 0 Å². The summed E-state index contributed by atoms with van der Waals surface area (Å²) in [7, 11) is 1.87. The molecule has 1 saturated carbocycles. The smallest absolute Gasteiger partial charge is 0.257 e. The molecule has 1 fully saturated rings. The number of hydrogen-bond acceptors (Lipinski definition) is 3. The quantitative estimate of drug-likeness (QED) is 0.872. The number of carbonyl (C=O) groups is 1. The van der Waals surface area contributed by atoms with E-state index in [1.54, 1.807) is 18.5 Å². The summed E-state index contributed by atoms with van der Waals surface area (Å²) in [5, 5.41) is 0. The summed E-state index contributed by atoms with van der Waals surface area (Å²) >= 11 is 0. The Kier molecular flexibility index (Phi) is 3.84. The van der Waals surface area contributed by atoms with Gasteiger partial charge in [-0.15, -0.1) is 0 Å². The van der Waals surface area contributed by atoms with E-state index in [9.17, 15) is 4.79 Å². The van der Waals surface area contributed by atoms with Crippen LogP contribution >= 0.6 is 0 Å². The van der Waals surface area contributed by atoms with Crippen LogP contribution in [0.1, 0.15) is 43.0 Å². The average Bonchev–Trinajstić information content (AvgIpc) is 2.37. The lowest BCUT2D eigenvalue weighted by Gasteiger charge is -2.34. The van der Waals surface area contributed by atoms with Crippen molar-refractivity contribution in [1.29, 1.82) is 0 Å². The molecule has 1 aromatic rings. The van der Waals surface area contributed by atoms with Gasteiger partial charge in [-0.2, -0.15) is 0 Å². The molecule has 0 aliphatic heterocycles. The molecule has 0 radical (unpaired) electrons. The first-order valence-corrected chi connectivity index (χ1v) is 6.56. The molecule has 1 aliphatic carbocycles. The maximum Gasteiger partial charge on any atom is 0.257 e. The molecule has 0 saturated heterocycles. The molecule has 1 heterocycles. The third kappa shape index (κ3) is 2.63. The van der Waals surface area contributed by atoms with Gasteiger partial charge in [0.2, 0.25) is 0 Å². The van der Waals surface area contributed by atoms with Crippen molar-refractivity contribution < 1.29 is 4.79 Å². The van der Waals surface area contributed by atoms with Gasteiger partial charge >= 0.3 is 0 Å². The Morgan fingerprint density at radius 1 is 1.50 bits per heavy atom. The zero-order valence-corrected chi connectivity index (χ0v) is 11.1. The molecule has 0 aromatic carbocycles. The van der Waals surface area contributed by atoms with E-state index in [1.807, 2.05) is 11.9 Å². The van der Waals surface area contributed by atoms with Crippen molar-refractivity contribution in [2.24, 2.45) is 5.92 Å². The SMILES string of the molecule is CC1CCCC(N(C)C(=O)c2cnccc2N)C1. The predicted molar refractivity (Wildman–Crippen MR) is 72.2 cm³/mol. The number of anilines is 1. The number of pyridine rings is 1. The summed E-state index contributed by atoms with van der Waals surface area (Å²) in [6.07, 6.45) is 7.81. The van der Waals surface area contributed by atoms with Crippen LogP contribution < -0.4 is 5.73 Å². The molecule has 1 amide bonds. The summed E-state index contributed by atoms with van der Waals surface area (Å²) in [6, 6.07) is 2.01. The van der Waals surface area contributed by atoms with Crippen molar-refractivity contribution in [2.45, 2.75) is 38.6 Å². The Balaban J connectivity index is 2.11. The van der Waals surface area contributed by atoms with Crippen molar-refractivity contribution >= 4 is 11.6 Å². The van der Waals surface area contributed by atoms with Crippen molar-refractivity contribution in [3.8, 4) is 0 Å². The minimum absolute atomic E-state index is 0.0142. The van der Waals surface area contributed by atoms with Gasteiger partial charge in [-0.05, 0) is 24.8 Å². The maximum absolute atomic E-state index is 12.4. The lowest BCUT2D eigenvalue weighted by atomic mass is 9.86. The van der Waals surface area contributed by atoms with Gasteiger partial charge in [0.05, 0.1) is 5.56 Å². The molecule has 2 rings (SSSR count).